The molecule has 130 valence electrons. The molecule has 0 aromatic heterocycles. The van der Waals surface area contributed by atoms with Crippen molar-refractivity contribution in [3.63, 3.8) is 0 Å². The normalized spacial score (nSPS) is 10.0. The zero-order valence-electron chi connectivity index (χ0n) is 14.4. The Morgan fingerprint density at radius 3 is 2.28 bits per heavy atom. The summed E-state index contributed by atoms with van der Waals surface area (Å²) in [7, 11) is 3.33. The van der Waals surface area contributed by atoms with Gasteiger partial charge in [-0.1, -0.05) is 17.7 Å². The molecule has 6 heteroatoms. The van der Waals surface area contributed by atoms with Crippen molar-refractivity contribution in [3.05, 3.63) is 65.2 Å². The van der Waals surface area contributed by atoms with E-state index in [1.807, 2.05) is 13.0 Å². The third kappa shape index (κ3) is 5.17. The Bertz CT molecular complexity index is 782. The Hall–Kier alpha value is -3.15. The predicted molar refractivity (Wildman–Crippen MR) is 94.6 cm³/mol. The second-order valence-corrected chi connectivity index (χ2v) is 5.77. The molecule has 25 heavy (non-hydrogen) atoms. The lowest BCUT2D eigenvalue weighted by Gasteiger charge is -2.11. The minimum atomic E-state index is -0.550. The maximum atomic E-state index is 11.9. The molecular weight excluding hydrogens is 320 g/mol. The highest BCUT2D eigenvalue weighted by Crippen LogP contribution is 2.11. The first-order valence-corrected chi connectivity index (χ1v) is 7.72. The van der Waals surface area contributed by atoms with Gasteiger partial charge in [0.1, 0.15) is 0 Å². The van der Waals surface area contributed by atoms with Crippen molar-refractivity contribution in [2.45, 2.75) is 6.92 Å². The minimum absolute atomic E-state index is 0.120. The molecule has 0 fully saturated rings. The van der Waals surface area contributed by atoms with Crippen LogP contribution < -0.4 is 5.32 Å². The maximum Gasteiger partial charge on any atom is 0.338 e. The molecule has 0 spiro atoms. The zero-order chi connectivity index (χ0) is 18.4. The van der Waals surface area contributed by atoms with Crippen molar-refractivity contribution in [2.24, 2.45) is 0 Å². The summed E-state index contributed by atoms with van der Waals surface area (Å²) in [6.45, 7) is 1.49. The fourth-order valence-electron chi connectivity index (χ4n) is 2.14. The number of amides is 2. The van der Waals surface area contributed by atoms with Crippen LogP contribution in [-0.2, 0) is 9.53 Å². The van der Waals surface area contributed by atoms with E-state index in [1.54, 1.807) is 56.6 Å². The van der Waals surface area contributed by atoms with E-state index in [-0.39, 0.29) is 12.5 Å². The Morgan fingerprint density at radius 2 is 1.68 bits per heavy atom. The summed E-state index contributed by atoms with van der Waals surface area (Å²) in [5, 5.41) is 2.61. The molecular formula is C19H20N2O4. The Labute approximate surface area is 146 Å². The van der Waals surface area contributed by atoms with Crippen molar-refractivity contribution in [1.82, 2.24) is 4.90 Å². The van der Waals surface area contributed by atoms with E-state index < -0.39 is 11.9 Å². The lowest BCUT2D eigenvalue weighted by Crippen LogP contribution is -2.22. The fraction of sp³-hybridized carbons (Fsp3) is 0.211. The van der Waals surface area contributed by atoms with Crippen LogP contribution in [-0.4, -0.2) is 43.4 Å². The molecule has 0 heterocycles. The first-order valence-electron chi connectivity index (χ1n) is 7.72. The second-order valence-electron chi connectivity index (χ2n) is 5.77. The summed E-state index contributed by atoms with van der Waals surface area (Å²) < 4.78 is 5.00. The van der Waals surface area contributed by atoms with Crippen LogP contribution in [0.1, 0.15) is 26.3 Å². The molecule has 0 aliphatic carbocycles. The third-order valence-corrected chi connectivity index (χ3v) is 3.41. The number of esters is 1. The maximum absolute atomic E-state index is 11.9. The Morgan fingerprint density at radius 1 is 1.00 bits per heavy atom. The zero-order valence-corrected chi connectivity index (χ0v) is 14.4. The van der Waals surface area contributed by atoms with E-state index in [4.69, 9.17) is 4.74 Å². The number of aryl methyl sites for hydroxylation is 1. The fourth-order valence-corrected chi connectivity index (χ4v) is 2.14. The van der Waals surface area contributed by atoms with Gasteiger partial charge in [-0.05, 0) is 43.3 Å². The number of nitrogens with one attached hydrogen (secondary N) is 1. The Balaban J connectivity index is 1.88. The largest absolute Gasteiger partial charge is 0.452 e. The molecule has 0 aliphatic heterocycles. The number of carbonyl (C=O) groups excluding carboxylic acids is 3. The lowest BCUT2D eigenvalue weighted by atomic mass is 10.1. The van der Waals surface area contributed by atoms with Gasteiger partial charge in [0, 0.05) is 25.3 Å². The molecule has 6 nitrogen and oxygen atoms in total. The molecule has 0 unspecified atom stereocenters. The van der Waals surface area contributed by atoms with Gasteiger partial charge in [0.15, 0.2) is 6.61 Å². The molecule has 2 amide bonds. The van der Waals surface area contributed by atoms with Crippen molar-refractivity contribution in [3.8, 4) is 0 Å². The number of ether oxygens (including phenoxy) is 1. The molecule has 0 aliphatic rings. The summed E-state index contributed by atoms with van der Waals surface area (Å²) >= 11 is 0. The van der Waals surface area contributed by atoms with Crippen LogP contribution in [0.15, 0.2) is 48.5 Å². The molecule has 2 aromatic rings. The number of rotatable bonds is 5. The van der Waals surface area contributed by atoms with Crippen molar-refractivity contribution < 1.29 is 19.1 Å². The van der Waals surface area contributed by atoms with Crippen molar-refractivity contribution in [2.75, 3.05) is 26.0 Å². The topological polar surface area (TPSA) is 75.7 Å². The first kappa shape index (κ1) is 18.2. The van der Waals surface area contributed by atoms with Crippen LogP contribution in [0.5, 0.6) is 0 Å². The van der Waals surface area contributed by atoms with Crippen molar-refractivity contribution >= 4 is 23.5 Å². The van der Waals surface area contributed by atoms with Gasteiger partial charge in [0.05, 0.1) is 5.56 Å². The quantitative estimate of drug-likeness (QED) is 0.849. The minimum Gasteiger partial charge on any atom is -0.452 e. The Kier molecular flexibility index (Phi) is 5.89. The standard InChI is InChI=1S/C19H20N2O4/c1-13-5-4-6-15(11-13)19(24)25-12-17(22)20-16-9-7-14(8-10-16)18(23)21(2)3/h4-11H,12H2,1-3H3,(H,20,22). The molecule has 0 saturated heterocycles. The number of hydrogen-bond donors (Lipinski definition) is 1. The summed E-state index contributed by atoms with van der Waals surface area (Å²) in [5.41, 5.74) is 2.38. The summed E-state index contributed by atoms with van der Waals surface area (Å²) in [6.07, 6.45) is 0. The van der Waals surface area contributed by atoms with E-state index in [9.17, 15) is 14.4 Å². The first-order chi connectivity index (χ1) is 11.9. The molecule has 0 radical (unpaired) electrons. The second kappa shape index (κ2) is 8.10. The van der Waals surface area contributed by atoms with Gasteiger partial charge >= 0.3 is 5.97 Å². The van der Waals surface area contributed by atoms with Gasteiger partial charge in [0.2, 0.25) is 0 Å². The summed E-state index contributed by atoms with van der Waals surface area (Å²) in [5.74, 6) is -1.12. The van der Waals surface area contributed by atoms with Gasteiger partial charge < -0.3 is 15.0 Å². The van der Waals surface area contributed by atoms with E-state index in [1.165, 1.54) is 4.90 Å². The molecule has 2 aromatic carbocycles. The summed E-state index contributed by atoms with van der Waals surface area (Å²) in [6, 6.07) is 13.4. The molecule has 1 N–H and O–H groups in total. The summed E-state index contributed by atoms with van der Waals surface area (Å²) in [4.78, 5) is 37.0. The van der Waals surface area contributed by atoms with Gasteiger partial charge in [-0.2, -0.15) is 0 Å². The van der Waals surface area contributed by atoms with Gasteiger partial charge in [-0.25, -0.2) is 4.79 Å². The average molecular weight is 340 g/mol. The smallest absolute Gasteiger partial charge is 0.338 e. The molecule has 2 rings (SSSR count). The number of hydrogen-bond acceptors (Lipinski definition) is 4. The van der Waals surface area contributed by atoms with Crippen LogP contribution in [0.2, 0.25) is 0 Å². The van der Waals surface area contributed by atoms with Gasteiger partial charge in [-0.15, -0.1) is 0 Å². The van der Waals surface area contributed by atoms with Crippen LogP contribution >= 0.6 is 0 Å². The SMILES string of the molecule is Cc1cccc(C(=O)OCC(=O)Nc2ccc(C(=O)N(C)C)cc2)c1. The van der Waals surface area contributed by atoms with Crippen LogP contribution in [0, 0.1) is 6.92 Å². The molecule has 0 saturated carbocycles. The van der Waals surface area contributed by atoms with E-state index >= 15 is 0 Å². The van der Waals surface area contributed by atoms with Crippen LogP contribution in [0.25, 0.3) is 0 Å². The third-order valence-electron chi connectivity index (χ3n) is 3.41. The lowest BCUT2D eigenvalue weighted by molar-refractivity contribution is -0.119. The average Bonchev–Trinajstić information content (AvgIpc) is 2.59. The highest BCUT2D eigenvalue weighted by atomic mass is 16.5. The molecule has 0 atom stereocenters. The van der Waals surface area contributed by atoms with Crippen molar-refractivity contribution in [1.29, 1.82) is 0 Å². The van der Waals surface area contributed by atoms with E-state index in [0.29, 0.717) is 16.8 Å². The number of benzene rings is 2. The highest BCUT2D eigenvalue weighted by Gasteiger charge is 2.11. The van der Waals surface area contributed by atoms with Gasteiger partial charge in [0.25, 0.3) is 11.8 Å². The van der Waals surface area contributed by atoms with E-state index in [0.717, 1.165) is 5.56 Å². The van der Waals surface area contributed by atoms with E-state index in [2.05, 4.69) is 5.32 Å². The number of nitrogens with zero attached hydrogens (tertiary/aromatic N) is 1. The highest BCUT2D eigenvalue weighted by molar-refractivity contribution is 5.97. The van der Waals surface area contributed by atoms with Crippen LogP contribution in [0.3, 0.4) is 0 Å². The predicted octanol–water partition coefficient (Wildman–Crippen LogP) is 2.49. The molecule has 0 bridgehead atoms. The monoisotopic (exact) mass is 340 g/mol. The number of carbonyl (C=O) groups is 3. The number of anilines is 1. The van der Waals surface area contributed by atoms with Crippen LogP contribution in [0.4, 0.5) is 5.69 Å². The van der Waals surface area contributed by atoms with Gasteiger partial charge in [-0.3, -0.25) is 9.59 Å².